The summed E-state index contributed by atoms with van der Waals surface area (Å²) in [5.74, 6) is -0.295. The summed E-state index contributed by atoms with van der Waals surface area (Å²) in [4.78, 5) is 22.2. The average Bonchev–Trinajstić information content (AvgIpc) is 3.93. The van der Waals surface area contributed by atoms with Crippen molar-refractivity contribution in [3.63, 3.8) is 0 Å². The number of carbonyl (C=O) groups excluding carboxylic acids is 2. The lowest BCUT2D eigenvalue weighted by atomic mass is 9.89. The van der Waals surface area contributed by atoms with Crippen LogP contribution in [0, 0.1) is 0 Å². The highest BCUT2D eigenvalue weighted by Gasteiger charge is 2.29. The fourth-order valence-corrected chi connectivity index (χ4v) is 6.38. The number of hydrogen-bond donors (Lipinski definition) is 3. The van der Waals surface area contributed by atoms with Crippen LogP contribution in [-0.4, -0.2) is 56.2 Å². The maximum absolute atomic E-state index is 11.1. The van der Waals surface area contributed by atoms with Crippen molar-refractivity contribution >= 4 is 36.4 Å². The predicted molar refractivity (Wildman–Crippen MR) is 198 cm³/mol. The van der Waals surface area contributed by atoms with Crippen molar-refractivity contribution in [2.24, 2.45) is 17.2 Å². The van der Waals surface area contributed by atoms with Crippen LogP contribution in [0.1, 0.15) is 85.9 Å². The van der Waals surface area contributed by atoms with E-state index in [4.69, 9.17) is 31.4 Å². The number of primary amides is 2. The minimum absolute atomic E-state index is 0. The molecule has 270 valence electrons. The van der Waals surface area contributed by atoms with Crippen LogP contribution in [-0.2, 0) is 23.8 Å². The number of benzene rings is 3. The molecule has 0 aromatic heterocycles. The van der Waals surface area contributed by atoms with E-state index >= 15 is 0 Å². The Morgan fingerprint density at radius 1 is 0.653 bits per heavy atom. The lowest BCUT2D eigenvalue weighted by molar-refractivity contribution is -0.119. The number of nitrogens with two attached hydrogens (primary N) is 3. The predicted octanol–water partition coefficient (Wildman–Crippen LogP) is 7.17. The number of carbonyl (C=O) groups is 2. The Bertz CT molecular complexity index is 1220. The summed E-state index contributed by atoms with van der Waals surface area (Å²) in [6.45, 7) is 2.46. The van der Waals surface area contributed by atoms with E-state index in [-0.39, 0.29) is 72.6 Å². The molecule has 3 heterocycles. The summed E-state index contributed by atoms with van der Waals surface area (Å²) in [5, 5.41) is 0. The Labute approximate surface area is 301 Å². The summed E-state index contributed by atoms with van der Waals surface area (Å²) in [5.41, 5.74) is 20.2. The quantitative estimate of drug-likeness (QED) is 0.202. The van der Waals surface area contributed by atoms with Crippen molar-refractivity contribution in [1.82, 2.24) is 0 Å². The van der Waals surface area contributed by atoms with Crippen molar-refractivity contribution in [3.05, 3.63) is 108 Å². The first-order valence-corrected chi connectivity index (χ1v) is 17.9. The molecule has 8 nitrogen and oxygen atoms in total. The van der Waals surface area contributed by atoms with Crippen LogP contribution in [0.25, 0.3) is 0 Å². The van der Waals surface area contributed by atoms with Gasteiger partial charge in [0.2, 0.25) is 11.8 Å². The van der Waals surface area contributed by atoms with Gasteiger partial charge < -0.3 is 31.4 Å². The summed E-state index contributed by atoms with van der Waals surface area (Å²) < 4.78 is 27.1. The molecule has 6 rings (SSSR count). The molecule has 2 amide bonds. The van der Waals surface area contributed by atoms with Crippen LogP contribution in [0.4, 0.5) is 3.89 Å². The summed E-state index contributed by atoms with van der Waals surface area (Å²) in [6, 6.07) is 30.2. The highest BCUT2D eigenvalue weighted by atomic mass is 35.5. The van der Waals surface area contributed by atoms with Gasteiger partial charge in [-0.05, 0) is 55.2 Å². The molecule has 0 radical (unpaired) electrons. The van der Waals surface area contributed by atoms with Gasteiger partial charge >= 0.3 is 0 Å². The van der Waals surface area contributed by atoms with Crippen LogP contribution >= 0.6 is 24.6 Å². The zero-order valence-electron chi connectivity index (χ0n) is 28.4. The Morgan fingerprint density at radius 3 is 1.24 bits per heavy atom. The van der Waals surface area contributed by atoms with Gasteiger partial charge in [0.15, 0.2) is 0 Å². The maximum atomic E-state index is 11.1. The van der Waals surface area contributed by atoms with E-state index < -0.39 is 0 Å². The van der Waals surface area contributed by atoms with Gasteiger partial charge in [0.1, 0.15) is 0 Å². The average molecular weight is 718 g/mol. The van der Waals surface area contributed by atoms with E-state index in [9.17, 15) is 13.5 Å². The highest BCUT2D eigenvalue weighted by molar-refractivity contribution is 7.93. The second-order valence-corrected chi connectivity index (χ2v) is 12.4. The number of hydrogen-bond acceptors (Lipinski definition) is 7. The number of amides is 2. The third kappa shape index (κ3) is 15.2. The second kappa shape index (κ2) is 24.2. The van der Waals surface area contributed by atoms with Crippen molar-refractivity contribution in [2.75, 3.05) is 26.1 Å². The van der Waals surface area contributed by atoms with Gasteiger partial charge in [-0.2, -0.15) is 3.89 Å². The molecule has 3 fully saturated rings. The Morgan fingerprint density at radius 2 is 0.959 bits per heavy atom. The zero-order valence-corrected chi connectivity index (χ0v) is 30.0. The molecule has 3 saturated heterocycles. The van der Waals surface area contributed by atoms with Gasteiger partial charge in [0, 0.05) is 62.9 Å². The van der Waals surface area contributed by atoms with Gasteiger partial charge in [-0.15, -0.1) is 12.4 Å². The molecule has 0 spiro atoms. The normalized spacial score (nSPS) is 21.2. The largest absolute Gasteiger partial charge is 0.378 e. The smallest absolute Gasteiger partial charge is 0.218 e. The van der Waals surface area contributed by atoms with Crippen molar-refractivity contribution in [3.8, 4) is 0 Å². The van der Waals surface area contributed by atoms with E-state index in [1.165, 1.54) is 11.8 Å². The van der Waals surface area contributed by atoms with Crippen molar-refractivity contribution < 1.29 is 27.7 Å². The lowest BCUT2D eigenvalue weighted by Gasteiger charge is -2.22. The third-order valence-corrected chi connectivity index (χ3v) is 8.67. The number of rotatable bonds is 10. The summed E-state index contributed by atoms with van der Waals surface area (Å²) in [6.07, 6.45) is 9.07. The molecule has 0 bridgehead atoms. The molecule has 3 aromatic carbocycles. The van der Waals surface area contributed by atoms with E-state index in [0.717, 1.165) is 69.5 Å². The second-order valence-electron chi connectivity index (χ2n) is 12.1. The molecule has 4 unspecified atom stereocenters. The number of ether oxygens (including phenoxy) is 3. The van der Waals surface area contributed by atoms with E-state index in [2.05, 4.69) is 12.1 Å². The van der Waals surface area contributed by atoms with Crippen LogP contribution in [0.15, 0.2) is 91.0 Å². The number of halogens is 2. The standard InChI is InChI=1S/2C13H17NO2.C11H15NO.CH3FS.ClH/c2*14-13(15)9-11(12-7-4-8-16-12)10-5-2-1-3-6-10;12-11(10-7-4-8-13-10)9-5-2-1-3-6-9;1-3-2;/h2*1-3,5-6,11-12H,4,7-9H2,(H2,14,15);1-3,5-6,10-11H,4,7-8,12H2;1H3;1H/t11-,12-;;;;/m0..../s1. The maximum Gasteiger partial charge on any atom is 0.218 e. The van der Waals surface area contributed by atoms with E-state index in [1.807, 2.05) is 78.9 Å². The molecule has 3 aromatic rings. The Balaban J connectivity index is 0.000000244. The molecule has 6 atom stereocenters. The SMILES string of the molecule is CSF.Cl.NC(=O)CC(c1ccccc1)C1CCCO1.NC(=O)C[C@@H](c1ccccc1)[C@@H]1CCCO1.NC(c1ccccc1)C1CCCO1. The molecular formula is C38H53ClFN3O5S. The zero-order chi connectivity index (χ0) is 34.6. The summed E-state index contributed by atoms with van der Waals surface area (Å²) >= 11 is 0.250. The molecule has 3 aliphatic rings. The topological polar surface area (TPSA) is 140 Å². The van der Waals surface area contributed by atoms with Gasteiger partial charge in [-0.1, -0.05) is 91.0 Å². The molecule has 0 aliphatic carbocycles. The van der Waals surface area contributed by atoms with Crippen LogP contribution in [0.3, 0.4) is 0 Å². The van der Waals surface area contributed by atoms with Gasteiger partial charge in [0.25, 0.3) is 0 Å². The Kier molecular flexibility index (Phi) is 20.8. The first-order valence-electron chi connectivity index (χ1n) is 16.8. The van der Waals surface area contributed by atoms with Crippen LogP contribution < -0.4 is 17.2 Å². The van der Waals surface area contributed by atoms with Crippen molar-refractivity contribution in [1.29, 1.82) is 0 Å². The first kappa shape index (κ1) is 42.2. The highest BCUT2D eigenvalue weighted by Crippen LogP contribution is 2.32. The van der Waals surface area contributed by atoms with Gasteiger partial charge in [-0.3, -0.25) is 9.59 Å². The van der Waals surface area contributed by atoms with Crippen LogP contribution in [0.5, 0.6) is 0 Å². The molecule has 6 N–H and O–H groups in total. The van der Waals surface area contributed by atoms with E-state index in [1.54, 1.807) is 0 Å². The minimum atomic E-state index is -0.260. The van der Waals surface area contributed by atoms with E-state index in [0.29, 0.717) is 12.8 Å². The third-order valence-electron chi connectivity index (χ3n) is 8.67. The van der Waals surface area contributed by atoms with Gasteiger partial charge in [0.05, 0.1) is 24.4 Å². The molecule has 49 heavy (non-hydrogen) atoms. The first-order chi connectivity index (χ1) is 23.3. The van der Waals surface area contributed by atoms with Crippen LogP contribution in [0.2, 0.25) is 0 Å². The van der Waals surface area contributed by atoms with Gasteiger partial charge in [-0.25, -0.2) is 0 Å². The molecule has 3 aliphatic heterocycles. The summed E-state index contributed by atoms with van der Waals surface area (Å²) in [7, 11) is 0. The monoisotopic (exact) mass is 717 g/mol. The molecule has 11 heteroatoms. The minimum Gasteiger partial charge on any atom is -0.378 e. The Hall–Kier alpha value is -2.99. The molecular weight excluding hydrogens is 665 g/mol. The fraction of sp³-hybridized carbons (Fsp3) is 0.474. The molecule has 0 saturated carbocycles. The lowest BCUT2D eigenvalue weighted by Crippen LogP contribution is -2.25. The van der Waals surface area contributed by atoms with Crippen molar-refractivity contribution in [2.45, 2.75) is 87.6 Å². The fourth-order valence-electron chi connectivity index (χ4n) is 6.38.